The number of benzene rings is 2. The molecule has 0 saturated heterocycles. The van der Waals surface area contributed by atoms with Crippen LogP contribution in [-0.4, -0.2) is 5.91 Å². The molecule has 0 aromatic heterocycles. The molecule has 104 valence electrons. The van der Waals surface area contributed by atoms with Crippen molar-refractivity contribution in [2.75, 3.05) is 11.1 Å². The fourth-order valence-corrected chi connectivity index (χ4v) is 2.40. The molecule has 0 aliphatic carbocycles. The summed E-state index contributed by atoms with van der Waals surface area (Å²) < 4.78 is 1.01. The lowest BCUT2D eigenvalue weighted by molar-refractivity contribution is -0.116. The normalized spacial score (nSPS) is 10.3. The van der Waals surface area contributed by atoms with Gasteiger partial charge in [-0.1, -0.05) is 28.1 Å². The van der Waals surface area contributed by atoms with E-state index in [0.29, 0.717) is 12.8 Å². The number of halogens is 1. The number of carbonyl (C=O) groups is 1. The molecule has 2 aromatic rings. The van der Waals surface area contributed by atoms with Crippen LogP contribution in [0.25, 0.3) is 0 Å². The first-order chi connectivity index (χ1) is 9.54. The van der Waals surface area contributed by atoms with Gasteiger partial charge in [0.25, 0.3) is 0 Å². The number of anilines is 2. The second-order valence-electron chi connectivity index (χ2n) is 4.75. The van der Waals surface area contributed by atoms with E-state index >= 15 is 0 Å². The van der Waals surface area contributed by atoms with Gasteiger partial charge >= 0.3 is 0 Å². The molecule has 20 heavy (non-hydrogen) atoms. The zero-order chi connectivity index (χ0) is 14.5. The lowest BCUT2D eigenvalue weighted by Crippen LogP contribution is -2.13. The van der Waals surface area contributed by atoms with Crippen LogP contribution in [0.1, 0.15) is 17.5 Å². The largest absolute Gasteiger partial charge is 0.399 e. The van der Waals surface area contributed by atoms with Crippen LogP contribution < -0.4 is 11.1 Å². The third kappa shape index (κ3) is 4.10. The topological polar surface area (TPSA) is 55.1 Å². The first-order valence-electron chi connectivity index (χ1n) is 6.45. The maximum Gasteiger partial charge on any atom is 0.224 e. The minimum absolute atomic E-state index is 0.0206. The van der Waals surface area contributed by atoms with Crippen molar-refractivity contribution >= 4 is 33.2 Å². The van der Waals surface area contributed by atoms with Crippen molar-refractivity contribution in [2.45, 2.75) is 19.8 Å². The van der Waals surface area contributed by atoms with E-state index in [2.05, 4.69) is 21.2 Å². The van der Waals surface area contributed by atoms with Crippen molar-refractivity contribution in [3.63, 3.8) is 0 Å². The van der Waals surface area contributed by atoms with Gasteiger partial charge in [-0.3, -0.25) is 4.79 Å². The minimum Gasteiger partial charge on any atom is -0.399 e. The highest BCUT2D eigenvalue weighted by molar-refractivity contribution is 9.10. The van der Waals surface area contributed by atoms with Crippen LogP contribution in [0.2, 0.25) is 0 Å². The van der Waals surface area contributed by atoms with Gasteiger partial charge in [0, 0.05) is 22.3 Å². The van der Waals surface area contributed by atoms with Crippen molar-refractivity contribution < 1.29 is 4.79 Å². The summed E-state index contributed by atoms with van der Waals surface area (Å²) in [4.78, 5) is 11.9. The molecule has 3 nitrogen and oxygen atoms in total. The molecule has 0 bridgehead atoms. The van der Waals surface area contributed by atoms with E-state index in [1.807, 2.05) is 49.4 Å². The molecule has 1 amide bonds. The molecule has 0 atom stereocenters. The average Bonchev–Trinajstić information content (AvgIpc) is 2.41. The van der Waals surface area contributed by atoms with E-state index in [0.717, 1.165) is 27.0 Å². The maximum atomic E-state index is 11.9. The van der Waals surface area contributed by atoms with Crippen molar-refractivity contribution in [1.29, 1.82) is 0 Å². The van der Waals surface area contributed by atoms with E-state index in [9.17, 15) is 4.79 Å². The average molecular weight is 333 g/mol. The van der Waals surface area contributed by atoms with Gasteiger partial charge < -0.3 is 11.1 Å². The molecule has 0 fully saturated rings. The highest BCUT2D eigenvalue weighted by atomic mass is 79.9. The van der Waals surface area contributed by atoms with Gasteiger partial charge in [0.1, 0.15) is 0 Å². The van der Waals surface area contributed by atoms with E-state index in [1.165, 1.54) is 0 Å². The Morgan fingerprint density at radius 3 is 2.55 bits per heavy atom. The molecule has 0 saturated carbocycles. The molecular formula is C16H17BrN2O. The monoisotopic (exact) mass is 332 g/mol. The van der Waals surface area contributed by atoms with E-state index in [4.69, 9.17) is 5.73 Å². The number of nitrogen functional groups attached to an aromatic ring is 1. The summed E-state index contributed by atoms with van der Waals surface area (Å²) in [6, 6.07) is 13.4. The Balaban J connectivity index is 1.90. The highest BCUT2D eigenvalue weighted by Gasteiger charge is 2.05. The Bertz CT molecular complexity index is 608. The van der Waals surface area contributed by atoms with Crippen LogP contribution in [-0.2, 0) is 11.2 Å². The van der Waals surface area contributed by atoms with Crippen molar-refractivity contribution in [1.82, 2.24) is 0 Å². The van der Waals surface area contributed by atoms with Gasteiger partial charge in [0.15, 0.2) is 0 Å². The molecular weight excluding hydrogens is 316 g/mol. The van der Waals surface area contributed by atoms with Crippen LogP contribution in [0.15, 0.2) is 46.9 Å². The number of nitrogens with two attached hydrogens (primary N) is 1. The number of aryl methyl sites for hydroxylation is 2. The molecule has 2 aromatic carbocycles. The fraction of sp³-hybridized carbons (Fsp3) is 0.188. The summed E-state index contributed by atoms with van der Waals surface area (Å²) in [6.45, 7) is 1.97. The quantitative estimate of drug-likeness (QED) is 0.834. The second kappa shape index (κ2) is 6.57. The lowest BCUT2D eigenvalue weighted by atomic mass is 10.1. The fourth-order valence-electron chi connectivity index (χ4n) is 1.92. The number of amides is 1. The molecule has 0 unspecified atom stereocenters. The minimum atomic E-state index is 0.0206. The number of nitrogens with one attached hydrogen (secondary N) is 1. The van der Waals surface area contributed by atoms with Crippen LogP contribution in [0.5, 0.6) is 0 Å². The Morgan fingerprint density at radius 1 is 1.20 bits per heavy atom. The molecule has 0 heterocycles. The molecule has 0 aliphatic heterocycles. The van der Waals surface area contributed by atoms with Crippen molar-refractivity contribution in [2.24, 2.45) is 0 Å². The van der Waals surface area contributed by atoms with Gasteiger partial charge in [-0.25, -0.2) is 0 Å². The standard InChI is InChI=1S/C16H17BrN2O/c1-11-10-13(17)5-8-15(11)19-16(20)9-4-12-2-6-14(18)7-3-12/h2-3,5-8,10H,4,9,18H2,1H3,(H,19,20). The number of hydrogen-bond donors (Lipinski definition) is 2. The van der Waals surface area contributed by atoms with E-state index < -0.39 is 0 Å². The zero-order valence-corrected chi connectivity index (χ0v) is 12.9. The molecule has 0 aliphatic rings. The number of carbonyl (C=O) groups excluding carboxylic acids is 1. The van der Waals surface area contributed by atoms with Crippen molar-refractivity contribution in [3.8, 4) is 0 Å². The zero-order valence-electron chi connectivity index (χ0n) is 11.3. The summed E-state index contributed by atoms with van der Waals surface area (Å²) in [7, 11) is 0. The SMILES string of the molecule is Cc1cc(Br)ccc1NC(=O)CCc1ccc(N)cc1. The molecule has 3 N–H and O–H groups in total. The van der Waals surface area contributed by atoms with Gasteiger partial charge in [-0.2, -0.15) is 0 Å². The maximum absolute atomic E-state index is 11.9. The molecule has 4 heteroatoms. The first kappa shape index (κ1) is 14.6. The summed E-state index contributed by atoms with van der Waals surface area (Å²) in [5.74, 6) is 0.0206. The van der Waals surface area contributed by atoms with E-state index in [1.54, 1.807) is 0 Å². The number of hydrogen-bond acceptors (Lipinski definition) is 2. The summed E-state index contributed by atoms with van der Waals surface area (Å²) in [6.07, 6.45) is 1.17. The van der Waals surface area contributed by atoms with Gasteiger partial charge in [-0.15, -0.1) is 0 Å². The predicted molar refractivity (Wildman–Crippen MR) is 86.7 cm³/mol. The molecule has 2 rings (SSSR count). The third-order valence-electron chi connectivity index (χ3n) is 3.08. The predicted octanol–water partition coefficient (Wildman–Crippen LogP) is 3.91. The van der Waals surface area contributed by atoms with Crippen LogP contribution >= 0.6 is 15.9 Å². The Hall–Kier alpha value is -1.81. The van der Waals surface area contributed by atoms with Gasteiger partial charge in [0.2, 0.25) is 5.91 Å². The molecule has 0 spiro atoms. The Morgan fingerprint density at radius 2 is 1.90 bits per heavy atom. The van der Waals surface area contributed by atoms with Crippen LogP contribution in [0.4, 0.5) is 11.4 Å². The van der Waals surface area contributed by atoms with Crippen LogP contribution in [0, 0.1) is 6.92 Å². The highest BCUT2D eigenvalue weighted by Crippen LogP contribution is 2.20. The summed E-state index contributed by atoms with van der Waals surface area (Å²) >= 11 is 3.41. The lowest BCUT2D eigenvalue weighted by Gasteiger charge is -2.09. The van der Waals surface area contributed by atoms with E-state index in [-0.39, 0.29) is 5.91 Å². The second-order valence-corrected chi connectivity index (χ2v) is 5.66. The Kier molecular flexibility index (Phi) is 4.79. The Labute approximate surface area is 127 Å². The molecule has 0 radical (unpaired) electrons. The summed E-state index contributed by atoms with van der Waals surface area (Å²) in [5, 5.41) is 2.93. The smallest absolute Gasteiger partial charge is 0.224 e. The van der Waals surface area contributed by atoms with Gasteiger partial charge in [-0.05, 0) is 54.8 Å². The first-order valence-corrected chi connectivity index (χ1v) is 7.24. The third-order valence-corrected chi connectivity index (χ3v) is 3.58. The van der Waals surface area contributed by atoms with Crippen molar-refractivity contribution in [3.05, 3.63) is 58.1 Å². The van der Waals surface area contributed by atoms with Gasteiger partial charge in [0.05, 0.1) is 0 Å². The summed E-state index contributed by atoms with van der Waals surface area (Å²) in [5.41, 5.74) is 9.38. The number of rotatable bonds is 4. The van der Waals surface area contributed by atoms with Crippen LogP contribution in [0.3, 0.4) is 0 Å².